The lowest BCUT2D eigenvalue weighted by Crippen LogP contribution is -2.67. The quantitative estimate of drug-likeness (QED) is 0.716. The Bertz CT molecular complexity index is 552. The Morgan fingerprint density at radius 2 is 2.04 bits per heavy atom. The summed E-state index contributed by atoms with van der Waals surface area (Å²) in [6, 6.07) is 0. The lowest BCUT2D eigenvalue weighted by atomic mass is 9.76. The lowest BCUT2D eigenvalue weighted by molar-refractivity contribution is -0.211. The second-order valence-electron chi connectivity index (χ2n) is 9.20. The van der Waals surface area contributed by atoms with Crippen molar-refractivity contribution >= 4 is 5.78 Å². The van der Waals surface area contributed by atoms with Crippen LogP contribution in [-0.4, -0.2) is 105 Å². The van der Waals surface area contributed by atoms with E-state index >= 15 is 0 Å². The van der Waals surface area contributed by atoms with Crippen LogP contribution in [-0.2, 0) is 14.3 Å². The summed E-state index contributed by atoms with van der Waals surface area (Å²) in [6.07, 6.45) is 3.65. The maximum atomic E-state index is 11.6. The number of hydrogen-bond donors (Lipinski definition) is 0. The van der Waals surface area contributed by atoms with Crippen LogP contribution in [0, 0.1) is 11.3 Å². The van der Waals surface area contributed by atoms with Gasteiger partial charge in [-0.2, -0.15) is 0 Å². The van der Waals surface area contributed by atoms with Gasteiger partial charge >= 0.3 is 0 Å². The second-order valence-corrected chi connectivity index (χ2v) is 9.20. The lowest BCUT2D eigenvalue weighted by Gasteiger charge is -2.54. The molecule has 25 heavy (non-hydrogen) atoms. The summed E-state index contributed by atoms with van der Waals surface area (Å²) >= 11 is 0. The van der Waals surface area contributed by atoms with Crippen molar-refractivity contribution in [1.29, 1.82) is 0 Å². The molecule has 0 radical (unpaired) electrons. The Kier molecular flexibility index (Phi) is 3.99. The second kappa shape index (κ2) is 5.99. The standard InChI is InChI=1S/C19H31N3O3/c1-20-7-4-18(11-20)12-25-17(18)10-22-6-2-15(19(22)13-24-14-19)8-21-5-3-16(23)9-21/h15,17H,2-14H2,1H3. The molecule has 5 aliphatic heterocycles. The number of carbonyl (C=O) groups is 1. The van der Waals surface area contributed by atoms with Crippen LogP contribution in [0.3, 0.4) is 0 Å². The highest BCUT2D eigenvalue weighted by Crippen LogP contribution is 2.47. The number of nitrogens with zero attached hydrogens (tertiary/aromatic N) is 3. The summed E-state index contributed by atoms with van der Waals surface area (Å²) in [7, 11) is 2.23. The highest BCUT2D eigenvalue weighted by atomic mass is 16.5. The fourth-order valence-corrected chi connectivity index (χ4v) is 5.86. The van der Waals surface area contributed by atoms with Gasteiger partial charge in [0.2, 0.25) is 0 Å². The molecule has 0 bridgehead atoms. The van der Waals surface area contributed by atoms with Gasteiger partial charge in [-0.1, -0.05) is 0 Å². The van der Waals surface area contributed by atoms with Crippen molar-refractivity contribution in [3.05, 3.63) is 0 Å². The highest BCUT2D eigenvalue weighted by Gasteiger charge is 2.58. The Balaban J connectivity index is 1.25. The molecular formula is C19H31N3O3. The predicted octanol–water partition coefficient (Wildman–Crippen LogP) is 0.0728. The molecule has 5 heterocycles. The van der Waals surface area contributed by atoms with Crippen LogP contribution in [0.4, 0.5) is 0 Å². The molecule has 0 N–H and O–H groups in total. The molecule has 5 rings (SSSR count). The largest absolute Gasteiger partial charge is 0.377 e. The SMILES string of the molecule is CN1CCC2(COC2CN2CCC(CN3CCC(=O)C3)C23COC3)C1. The molecule has 5 saturated heterocycles. The van der Waals surface area contributed by atoms with E-state index in [1.165, 1.54) is 25.9 Å². The first-order chi connectivity index (χ1) is 12.1. The van der Waals surface area contributed by atoms with Crippen molar-refractivity contribution in [1.82, 2.24) is 14.7 Å². The maximum absolute atomic E-state index is 11.6. The van der Waals surface area contributed by atoms with Crippen molar-refractivity contribution in [2.45, 2.75) is 30.9 Å². The van der Waals surface area contributed by atoms with Gasteiger partial charge in [0.05, 0.1) is 38.0 Å². The number of ketones is 1. The monoisotopic (exact) mass is 349 g/mol. The van der Waals surface area contributed by atoms with E-state index < -0.39 is 0 Å². The maximum Gasteiger partial charge on any atom is 0.148 e. The molecule has 0 aromatic carbocycles. The summed E-state index contributed by atoms with van der Waals surface area (Å²) in [4.78, 5) is 19.1. The van der Waals surface area contributed by atoms with Crippen molar-refractivity contribution in [3.8, 4) is 0 Å². The minimum Gasteiger partial charge on any atom is -0.377 e. The fourth-order valence-electron chi connectivity index (χ4n) is 5.86. The van der Waals surface area contributed by atoms with Crippen molar-refractivity contribution in [3.63, 3.8) is 0 Å². The Morgan fingerprint density at radius 1 is 1.16 bits per heavy atom. The van der Waals surface area contributed by atoms with Crippen LogP contribution < -0.4 is 0 Å². The van der Waals surface area contributed by atoms with Gasteiger partial charge in [-0.05, 0) is 38.9 Å². The molecule has 0 saturated carbocycles. The number of Topliss-reactive ketones (excluding diaryl/α,β-unsaturated/α-hetero) is 1. The van der Waals surface area contributed by atoms with Gasteiger partial charge in [0.1, 0.15) is 5.78 Å². The van der Waals surface area contributed by atoms with Crippen molar-refractivity contribution < 1.29 is 14.3 Å². The number of hydrogen-bond acceptors (Lipinski definition) is 6. The molecule has 6 heteroatoms. The normalized spacial score (nSPS) is 41.7. The minimum atomic E-state index is 0.205. The highest BCUT2D eigenvalue weighted by molar-refractivity contribution is 5.82. The molecule has 140 valence electrons. The van der Waals surface area contributed by atoms with E-state index in [0.29, 0.717) is 29.8 Å². The van der Waals surface area contributed by atoms with E-state index in [9.17, 15) is 4.79 Å². The predicted molar refractivity (Wildman–Crippen MR) is 93.6 cm³/mol. The zero-order valence-corrected chi connectivity index (χ0v) is 15.4. The number of carbonyl (C=O) groups excluding carboxylic acids is 1. The van der Waals surface area contributed by atoms with Crippen LogP contribution in [0.15, 0.2) is 0 Å². The van der Waals surface area contributed by atoms with Crippen LogP contribution in [0.5, 0.6) is 0 Å². The molecule has 0 aliphatic carbocycles. The smallest absolute Gasteiger partial charge is 0.148 e. The topological polar surface area (TPSA) is 45.2 Å². The van der Waals surface area contributed by atoms with Gasteiger partial charge < -0.3 is 14.4 Å². The minimum absolute atomic E-state index is 0.205. The molecule has 0 aromatic heterocycles. The Morgan fingerprint density at radius 3 is 2.60 bits per heavy atom. The third kappa shape index (κ3) is 2.60. The molecule has 5 fully saturated rings. The van der Waals surface area contributed by atoms with Crippen LogP contribution in [0.2, 0.25) is 0 Å². The summed E-state index contributed by atoms with van der Waals surface area (Å²) < 4.78 is 11.8. The van der Waals surface area contributed by atoms with Gasteiger partial charge in [0.15, 0.2) is 0 Å². The summed E-state index contributed by atoms with van der Waals surface area (Å²) in [6.45, 7) is 9.95. The molecule has 2 spiro atoms. The van der Waals surface area contributed by atoms with Crippen molar-refractivity contribution in [2.75, 3.05) is 72.7 Å². The first-order valence-corrected chi connectivity index (χ1v) is 9.97. The van der Waals surface area contributed by atoms with E-state index in [2.05, 4.69) is 21.7 Å². The van der Waals surface area contributed by atoms with Gasteiger partial charge in [-0.15, -0.1) is 0 Å². The summed E-state index contributed by atoms with van der Waals surface area (Å²) in [5.74, 6) is 1.04. The number of ether oxygens (including phenoxy) is 2. The average molecular weight is 349 g/mol. The molecule has 6 nitrogen and oxygen atoms in total. The molecule has 3 atom stereocenters. The number of likely N-dealkylation sites (tertiary alicyclic amines) is 3. The zero-order valence-electron chi connectivity index (χ0n) is 15.4. The first kappa shape index (κ1) is 16.6. The van der Waals surface area contributed by atoms with Gasteiger partial charge in [-0.3, -0.25) is 14.6 Å². The van der Waals surface area contributed by atoms with E-state index in [4.69, 9.17) is 9.47 Å². The van der Waals surface area contributed by atoms with Crippen molar-refractivity contribution in [2.24, 2.45) is 11.3 Å². The Hall–Kier alpha value is -0.530. The van der Waals surface area contributed by atoms with Gasteiger partial charge in [-0.25, -0.2) is 0 Å². The Labute approximate surface area is 150 Å². The average Bonchev–Trinajstić information content (AvgIpc) is 3.22. The van der Waals surface area contributed by atoms with Gasteiger partial charge in [0, 0.05) is 38.0 Å². The number of rotatable bonds is 4. The third-order valence-electron chi connectivity index (χ3n) is 7.64. The molecule has 0 amide bonds. The van der Waals surface area contributed by atoms with E-state index in [1.807, 2.05) is 0 Å². The molecule has 0 aromatic rings. The molecule has 3 unspecified atom stereocenters. The van der Waals surface area contributed by atoms with Crippen LogP contribution in [0.25, 0.3) is 0 Å². The first-order valence-electron chi connectivity index (χ1n) is 9.97. The molecular weight excluding hydrogens is 318 g/mol. The van der Waals surface area contributed by atoms with E-state index in [1.54, 1.807) is 0 Å². The van der Waals surface area contributed by atoms with E-state index in [0.717, 1.165) is 52.4 Å². The summed E-state index contributed by atoms with van der Waals surface area (Å²) in [5.41, 5.74) is 0.607. The summed E-state index contributed by atoms with van der Waals surface area (Å²) in [5, 5.41) is 0. The van der Waals surface area contributed by atoms with Gasteiger partial charge in [0.25, 0.3) is 0 Å². The van der Waals surface area contributed by atoms with Crippen LogP contribution in [0.1, 0.15) is 19.3 Å². The fraction of sp³-hybridized carbons (Fsp3) is 0.947. The zero-order chi connectivity index (χ0) is 17.1. The molecule has 5 aliphatic rings. The third-order valence-corrected chi connectivity index (χ3v) is 7.64. The van der Waals surface area contributed by atoms with Crippen LogP contribution >= 0.6 is 0 Å². The van der Waals surface area contributed by atoms with E-state index in [-0.39, 0.29) is 5.54 Å².